The van der Waals surface area contributed by atoms with Gasteiger partial charge in [0.2, 0.25) is 0 Å². The van der Waals surface area contributed by atoms with Crippen LogP contribution in [-0.4, -0.2) is 43.9 Å². The van der Waals surface area contributed by atoms with Gasteiger partial charge in [-0.3, -0.25) is 16.2 Å². The summed E-state index contributed by atoms with van der Waals surface area (Å²) in [6.07, 6.45) is -0.00275. The summed E-state index contributed by atoms with van der Waals surface area (Å²) in [6, 6.07) is 6.08. The Morgan fingerprint density at radius 1 is 1.48 bits per heavy atom. The molecule has 1 aromatic carbocycles. The van der Waals surface area contributed by atoms with Crippen LogP contribution in [0.3, 0.4) is 0 Å². The molecule has 0 aliphatic carbocycles. The van der Waals surface area contributed by atoms with Gasteiger partial charge < -0.3 is 9.47 Å². The zero-order valence-electron chi connectivity index (χ0n) is 12.8. The van der Waals surface area contributed by atoms with Crippen LogP contribution in [0.1, 0.15) is 25.5 Å². The van der Waals surface area contributed by atoms with Gasteiger partial charge in [0.15, 0.2) is 0 Å². The quantitative estimate of drug-likeness (QED) is 0.643. The number of methoxy groups -OCH3 is 1. The number of hydrazine groups is 1. The Balaban J connectivity index is 2.19. The van der Waals surface area contributed by atoms with Crippen molar-refractivity contribution < 1.29 is 9.47 Å². The largest absolute Gasteiger partial charge is 0.495 e. The minimum Gasteiger partial charge on any atom is -0.495 e. The highest BCUT2D eigenvalue weighted by Gasteiger charge is 2.30. The third kappa shape index (κ3) is 3.87. The molecule has 0 spiro atoms. The SMILES string of the molecule is COc1cc(C(NN)C2CN(C(C)C)CCO2)ccc1Cl. The summed E-state index contributed by atoms with van der Waals surface area (Å²) < 4.78 is 11.2. The van der Waals surface area contributed by atoms with Crippen molar-refractivity contribution in [3.8, 4) is 5.75 Å². The number of hydrogen-bond acceptors (Lipinski definition) is 5. The van der Waals surface area contributed by atoms with Crippen LogP contribution in [0, 0.1) is 0 Å². The van der Waals surface area contributed by atoms with Crippen LogP contribution in [-0.2, 0) is 4.74 Å². The summed E-state index contributed by atoms with van der Waals surface area (Å²) in [6.45, 7) is 6.90. The molecule has 1 aromatic rings. The average Bonchev–Trinajstić information content (AvgIpc) is 2.50. The van der Waals surface area contributed by atoms with E-state index >= 15 is 0 Å². The first-order chi connectivity index (χ1) is 10.1. The first-order valence-electron chi connectivity index (χ1n) is 7.22. The predicted molar refractivity (Wildman–Crippen MR) is 84.5 cm³/mol. The lowest BCUT2D eigenvalue weighted by atomic mass is 10.00. The van der Waals surface area contributed by atoms with Crippen molar-refractivity contribution in [1.29, 1.82) is 0 Å². The first-order valence-corrected chi connectivity index (χ1v) is 7.59. The van der Waals surface area contributed by atoms with Gasteiger partial charge in [-0.25, -0.2) is 0 Å². The van der Waals surface area contributed by atoms with E-state index in [2.05, 4.69) is 24.2 Å². The molecule has 0 aromatic heterocycles. The molecule has 1 aliphatic rings. The van der Waals surface area contributed by atoms with E-state index in [9.17, 15) is 0 Å². The number of halogens is 1. The molecular weight excluding hydrogens is 290 g/mol. The van der Waals surface area contributed by atoms with E-state index in [1.807, 2.05) is 18.2 Å². The Hall–Kier alpha value is -0.850. The van der Waals surface area contributed by atoms with Crippen molar-refractivity contribution in [1.82, 2.24) is 10.3 Å². The lowest BCUT2D eigenvalue weighted by Gasteiger charge is -2.38. The van der Waals surface area contributed by atoms with E-state index in [1.165, 1.54) is 0 Å². The standard InChI is InChI=1S/C15H24ClN3O2/c1-10(2)19-6-7-21-14(9-19)15(18-17)11-4-5-12(16)13(8-11)20-3/h4-5,8,10,14-15,18H,6-7,9,17H2,1-3H3. The third-order valence-electron chi connectivity index (χ3n) is 3.94. The van der Waals surface area contributed by atoms with Gasteiger partial charge in [0.1, 0.15) is 5.75 Å². The maximum Gasteiger partial charge on any atom is 0.137 e. The van der Waals surface area contributed by atoms with Crippen LogP contribution in [0.5, 0.6) is 5.75 Å². The number of nitrogens with two attached hydrogens (primary N) is 1. The lowest BCUT2D eigenvalue weighted by Crippen LogP contribution is -2.51. The van der Waals surface area contributed by atoms with Gasteiger partial charge in [-0.2, -0.15) is 0 Å². The van der Waals surface area contributed by atoms with Crippen LogP contribution in [0.2, 0.25) is 5.02 Å². The Kier molecular flexibility index (Phi) is 5.84. The van der Waals surface area contributed by atoms with Crippen molar-refractivity contribution in [2.24, 2.45) is 5.84 Å². The minimum absolute atomic E-state index is 0.00275. The molecule has 2 rings (SSSR count). The second kappa shape index (κ2) is 7.42. The molecular formula is C15H24ClN3O2. The fourth-order valence-electron chi connectivity index (χ4n) is 2.66. The molecule has 1 aliphatic heterocycles. The summed E-state index contributed by atoms with van der Waals surface area (Å²) in [4.78, 5) is 2.39. The normalized spacial score (nSPS) is 21.5. The smallest absolute Gasteiger partial charge is 0.137 e. The van der Waals surface area contributed by atoms with Crippen LogP contribution in [0.4, 0.5) is 0 Å². The molecule has 21 heavy (non-hydrogen) atoms. The number of morpholine rings is 1. The van der Waals surface area contributed by atoms with Gasteiger partial charge in [0.25, 0.3) is 0 Å². The number of nitrogens with zero attached hydrogens (tertiary/aromatic N) is 1. The molecule has 0 amide bonds. The van der Waals surface area contributed by atoms with E-state index in [-0.39, 0.29) is 12.1 Å². The Morgan fingerprint density at radius 2 is 2.24 bits per heavy atom. The van der Waals surface area contributed by atoms with Gasteiger partial charge >= 0.3 is 0 Å². The monoisotopic (exact) mass is 313 g/mol. The number of hydrogen-bond donors (Lipinski definition) is 2. The van der Waals surface area contributed by atoms with E-state index in [1.54, 1.807) is 7.11 Å². The van der Waals surface area contributed by atoms with Crippen molar-refractivity contribution >= 4 is 11.6 Å². The number of benzene rings is 1. The van der Waals surface area contributed by atoms with Gasteiger partial charge in [-0.1, -0.05) is 17.7 Å². The lowest BCUT2D eigenvalue weighted by molar-refractivity contribution is -0.0561. The van der Waals surface area contributed by atoms with Crippen molar-refractivity contribution in [2.75, 3.05) is 26.8 Å². The van der Waals surface area contributed by atoms with Crippen LogP contribution in [0.25, 0.3) is 0 Å². The van der Waals surface area contributed by atoms with Crippen LogP contribution < -0.4 is 16.0 Å². The first kappa shape index (κ1) is 16.5. The number of ether oxygens (including phenoxy) is 2. The predicted octanol–water partition coefficient (Wildman–Crippen LogP) is 1.96. The van der Waals surface area contributed by atoms with E-state index in [4.69, 9.17) is 26.9 Å². The molecule has 2 atom stereocenters. The highest BCUT2D eigenvalue weighted by Crippen LogP contribution is 2.30. The second-order valence-corrected chi connectivity index (χ2v) is 5.94. The molecule has 2 unspecified atom stereocenters. The topological polar surface area (TPSA) is 59.8 Å². The van der Waals surface area contributed by atoms with Gasteiger partial charge in [0, 0.05) is 19.1 Å². The molecule has 0 bridgehead atoms. The highest BCUT2D eigenvalue weighted by atomic mass is 35.5. The fourth-order valence-corrected chi connectivity index (χ4v) is 2.85. The third-order valence-corrected chi connectivity index (χ3v) is 4.25. The summed E-state index contributed by atoms with van der Waals surface area (Å²) in [5, 5.41) is 0.588. The van der Waals surface area contributed by atoms with Crippen LogP contribution in [0.15, 0.2) is 18.2 Å². The summed E-state index contributed by atoms with van der Waals surface area (Å²) >= 11 is 6.08. The van der Waals surface area contributed by atoms with Crippen LogP contribution >= 0.6 is 11.6 Å². The van der Waals surface area contributed by atoms with Crippen molar-refractivity contribution in [3.63, 3.8) is 0 Å². The minimum atomic E-state index is -0.0993. The molecule has 1 fully saturated rings. The summed E-state index contributed by atoms with van der Waals surface area (Å²) in [5.41, 5.74) is 3.88. The molecule has 118 valence electrons. The van der Waals surface area contributed by atoms with E-state index in [0.29, 0.717) is 23.4 Å². The van der Waals surface area contributed by atoms with Crippen molar-refractivity contribution in [2.45, 2.75) is 32.0 Å². The molecule has 6 heteroatoms. The Morgan fingerprint density at radius 3 is 2.86 bits per heavy atom. The zero-order chi connectivity index (χ0) is 15.4. The summed E-state index contributed by atoms with van der Waals surface area (Å²) in [5.74, 6) is 6.41. The number of nitrogens with one attached hydrogen (secondary N) is 1. The Bertz CT molecular complexity index is 470. The molecule has 0 saturated carbocycles. The molecule has 1 heterocycles. The highest BCUT2D eigenvalue weighted by molar-refractivity contribution is 6.32. The molecule has 3 N–H and O–H groups in total. The van der Waals surface area contributed by atoms with Gasteiger partial charge in [-0.05, 0) is 31.5 Å². The summed E-state index contributed by atoms with van der Waals surface area (Å²) in [7, 11) is 1.60. The second-order valence-electron chi connectivity index (χ2n) is 5.54. The van der Waals surface area contributed by atoms with E-state index < -0.39 is 0 Å². The maximum absolute atomic E-state index is 6.08. The van der Waals surface area contributed by atoms with Gasteiger partial charge in [0.05, 0.1) is 30.9 Å². The Labute approximate surface area is 131 Å². The zero-order valence-corrected chi connectivity index (χ0v) is 13.6. The molecule has 5 nitrogen and oxygen atoms in total. The van der Waals surface area contributed by atoms with Gasteiger partial charge in [-0.15, -0.1) is 0 Å². The van der Waals surface area contributed by atoms with Crippen molar-refractivity contribution in [3.05, 3.63) is 28.8 Å². The average molecular weight is 314 g/mol. The maximum atomic E-state index is 6.08. The molecule has 1 saturated heterocycles. The number of rotatable bonds is 5. The molecule has 0 radical (unpaired) electrons. The van der Waals surface area contributed by atoms with E-state index in [0.717, 1.165) is 18.7 Å². The fraction of sp³-hybridized carbons (Fsp3) is 0.600.